The van der Waals surface area contributed by atoms with Gasteiger partial charge in [0.2, 0.25) is 0 Å². The van der Waals surface area contributed by atoms with E-state index in [0.29, 0.717) is 0 Å². The number of fused-ring (bicyclic) bond motifs is 1. The maximum absolute atomic E-state index is 3.44. The van der Waals surface area contributed by atoms with E-state index >= 15 is 0 Å². The van der Waals surface area contributed by atoms with Gasteiger partial charge in [-0.1, -0.05) is 76.4 Å². The zero-order chi connectivity index (χ0) is 19.6. The molecule has 0 aromatic heterocycles. The van der Waals surface area contributed by atoms with E-state index in [4.69, 9.17) is 0 Å². The number of benzene rings is 2. The smallest absolute Gasteiger partial charge is 0.263 e. The minimum Gasteiger partial charge on any atom is -0.263 e. The second-order valence-electron chi connectivity index (χ2n) is 7.91. The van der Waals surface area contributed by atoms with E-state index in [1.807, 2.05) is 0 Å². The summed E-state index contributed by atoms with van der Waals surface area (Å²) in [5.41, 5.74) is 5.81. The van der Waals surface area contributed by atoms with Gasteiger partial charge in [-0.3, -0.25) is 6.08 Å². The fourth-order valence-corrected chi connectivity index (χ4v) is 4.89. The van der Waals surface area contributed by atoms with Crippen molar-refractivity contribution in [3.8, 4) is 0 Å². The van der Waals surface area contributed by atoms with E-state index in [1.54, 1.807) is 0 Å². The largest absolute Gasteiger partial charge is 2.00 e. The minimum atomic E-state index is 0. The molecular weight excluding hydrogens is 434 g/mol. The van der Waals surface area contributed by atoms with Gasteiger partial charge in [0.05, 0.1) is 0 Å². The molecule has 0 saturated heterocycles. The molecule has 0 N–H and O–H groups in total. The first-order valence-corrected chi connectivity index (χ1v) is 10.6. The molecule has 1 aliphatic carbocycles. The van der Waals surface area contributed by atoms with Crippen LogP contribution in [0.4, 0.5) is 0 Å². The van der Waals surface area contributed by atoms with Gasteiger partial charge in [-0.15, -0.1) is 61.4 Å². The van der Waals surface area contributed by atoms with Crippen LogP contribution in [0.25, 0.3) is 10.8 Å². The van der Waals surface area contributed by atoms with Crippen molar-refractivity contribution in [2.75, 3.05) is 0 Å². The minimum absolute atomic E-state index is 0. The Balaban J connectivity index is 0.000000221. The third-order valence-corrected chi connectivity index (χ3v) is 7.14. The second-order valence-corrected chi connectivity index (χ2v) is 9.23. The summed E-state index contributed by atoms with van der Waals surface area (Å²) < 4.78 is 0. The molecule has 2 heteroatoms. The molecule has 142 valence electrons. The molecule has 4 rings (SSSR count). The third kappa shape index (κ3) is 5.06. The van der Waals surface area contributed by atoms with Crippen molar-refractivity contribution in [3.63, 3.8) is 0 Å². The third-order valence-electron chi connectivity index (χ3n) is 5.60. The van der Waals surface area contributed by atoms with Crippen molar-refractivity contribution in [2.45, 2.75) is 41.5 Å². The van der Waals surface area contributed by atoms with Crippen LogP contribution in [0, 0.1) is 18.4 Å². The number of allylic oxidation sites excluding steroid dienone is 4. The topological polar surface area (TPSA) is 0 Å². The maximum atomic E-state index is 3.44. The molecule has 28 heavy (non-hydrogen) atoms. The van der Waals surface area contributed by atoms with Crippen LogP contribution in [0.3, 0.4) is 0 Å². The van der Waals surface area contributed by atoms with Crippen LogP contribution < -0.4 is 10.6 Å². The average Bonchev–Trinajstić information content (AvgIpc) is 3.05. The number of hydrogen-bond acceptors (Lipinski definition) is 0. The predicted octanol–water partition coefficient (Wildman–Crippen LogP) is 6.61. The van der Waals surface area contributed by atoms with Crippen LogP contribution in [0.2, 0.25) is 0 Å². The van der Waals surface area contributed by atoms with Crippen LogP contribution in [-0.4, -0.2) is 0 Å². The first-order valence-electron chi connectivity index (χ1n) is 9.57. The van der Waals surface area contributed by atoms with Crippen molar-refractivity contribution >= 4 is 30.0 Å². The molecule has 0 bridgehead atoms. The molecule has 0 aliphatic heterocycles. The van der Waals surface area contributed by atoms with Gasteiger partial charge < -0.3 is 0 Å². The van der Waals surface area contributed by atoms with Crippen LogP contribution in [-0.2, 0) is 26.2 Å². The molecule has 1 aliphatic rings. The van der Waals surface area contributed by atoms with Crippen LogP contribution in [0.1, 0.15) is 40.2 Å². The number of rotatable bonds is 2. The van der Waals surface area contributed by atoms with Gasteiger partial charge in [-0.05, 0) is 5.30 Å². The molecule has 0 amide bonds. The summed E-state index contributed by atoms with van der Waals surface area (Å²) >= 11 is 0. The summed E-state index contributed by atoms with van der Waals surface area (Å²) in [6.45, 7) is 13.1. The Labute approximate surface area is 191 Å². The van der Waals surface area contributed by atoms with Crippen LogP contribution in [0.5, 0.6) is 0 Å². The van der Waals surface area contributed by atoms with Gasteiger partial charge in [0.25, 0.3) is 0 Å². The number of aryl methyl sites for hydroxylation is 1. The Morgan fingerprint density at radius 2 is 1.46 bits per heavy atom. The summed E-state index contributed by atoms with van der Waals surface area (Å²) in [5.74, 6) is 0. The fourth-order valence-electron chi connectivity index (χ4n) is 3.61. The van der Waals surface area contributed by atoms with Gasteiger partial charge in [0.1, 0.15) is 0 Å². The van der Waals surface area contributed by atoms with E-state index < -0.39 is 0 Å². The zero-order valence-corrected chi connectivity index (χ0v) is 21.2. The fraction of sp³-hybridized carbons (Fsp3) is 0.269. The average molecular weight is 464 g/mol. The van der Waals surface area contributed by atoms with Crippen LogP contribution >= 0.6 is 8.58 Å². The van der Waals surface area contributed by atoms with Crippen LogP contribution in [0.15, 0.2) is 77.4 Å². The summed E-state index contributed by atoms with van der Waals surface area (Å²) in [7, 11) is 0.754. The number of hydrogen-bond donors (Lipinski definition) is 0. The van der Waals surface area contributed by atoms with Crippen molar-refractivity contribution in [3.05, 3.63) is 89.0 Å². The van der Waals surface area contributed by atoms with Gasteiger partial charge in [-0.2, -0.15) is 11.1 Å². The van der Waals surface area contributed by atoms with Crippen molar-refractivity contribution < 1.29 is 26.2 Å². The van der Waals surface area contributed by atoms with Crippen molar-refractivity contribution in [1.29, 1.82) is 0 Å². The quantitative estimate of drug-likeness (QED) is 0.296. The monoisotopic (exact) mass is 462 g/mol. The van der Waals surface area contributed by atoms with Crippen molar-refractivity contribution in [2.24, 2.45) is 5.41 Å². The Bertz CT molecular complexity index is 1000. The van der Waals surface area contributed by atoms with Gasteiger partial charge in [0.15, 0.2) is 0 Å². The first-order chi connectivity index (χ1) is 12.8. The van der Waals surface area contributed by atoms with E-state index in [1.165, 1.54) is 43.7 Å². The molecule has 0 heterocycles. The molecule has 0 nitrogen and oxygen atoms in total. The molecule has 3 aromatic carbocycles. The summed E-state index contributed by atoms with van der Waals surface area (Å²) in [4.78, 5) is 0. The predicted molar refractivity (Wildman–Crippen MR) is 123 cm³/mol. The van der Waals surface area contributed by atoms with Crippen molar-refractivity contribution in [1.82, 2.24) is 0 Å². The molecule has 3 aromatic rings. The molecular formula is C26H29PZr. The Morgan fingerprint density at radius 3 is 2.00 bits per heavy atom. The second kappa shape index (κ2) is 9.56. The van der Waals surface area contributed by atoms with E-state index in [0.717, 1.165) is 8.58 Å². The maximum Gasteiger partial charge on any atom is 2.00 e. The Hall–Kier alpha value is -1.16. The first kappa shape index (κ1) is 23.1. The zero-order valence-electron chi connectivity index (χ0n) is 17.8. The Kier molecular flexibility index (Phi) is 7.90. The van der Waals surface area contributed by atoms with E-state index in [-0.39, 0.29) is 31.6 Å². The van der Waals surface area contributed by atoms with E-state index in [9.17, 15) is 0 Å². The van der Waals surface area contributed by atoms with E-state index in [2.05, 4.69) is 108 Å². The molecule has 0 saturated carbocycles. The molecule has 0 radical (unpaired) electrons. The Morgan fingerprint density at radius 1 is 0.857 bits per heavy atom. The van der Waals surface area contributed by atoms with Gasteiger partial charge >= 0.3 is 26.2 Å². The van der Waals surface area contributed by atoms with Gasteiger partial charge in [0, 0.05) is 0 Å². The van der Waals surface area contributed by atoms with Gasteiger partial charge in [-0.25, -0.2) is 5.57 Å². The molecule has 1 unspecified atom stereocenters. The summed E-state index contributed by atoms with van der Waals surface area (Å²) in [6.07, 6.45) is 3.44. The molecule has 0 fully saturated rings. The molecule has 0 spiro atoms. The standard InChI is InChI=1S/C16H14P.C10H15.Zr/c1-12-11-13-7-5-6-10-15(13)16(12)17-14-8-3-2-4-9-14;1-7-6-10(4,5)9(3)8(7)2;/h2-11,17H,1H3;1-5H3;/q2*-1;+2. The molecule has 1 atom stereocenters. The SMILES string of the molecule is CC1=[C-]C(C)(C)C(C)=C1C.Cc1[cH-]c2ccccc2c1Pc1ccccc1.[Zr+2]. The summed E-state index contributed by atoms with van der Waals surface area (Å²) in [5, 5.41) is 5.68. The summed E-state index contributed by atoms with van der Waals surface area (Å²) in [6, 6.07) is 21.7. The normalized spacial score (nSPS) is 15.4.